The third-order valence-corrected chi connectivity index (χ3v) is 3.50. The summed E-state index contributed by atoms with van der Waals surface area (Å²) in [6.07, 6.45) is 0.584. The molecule has 0 saturated heterocycles. The van der Waals surface area contributed by atoms with Gasteiger partial charge in [-0.05, 0) is 36.4 Å². The van der Waals surface area contributed by atoms with E-state index in [2.05, 4.69) is 0 Å². The van der Waals surface area contributed by atoms with Gasteiger partial charge in [-0.15, -0.1) is 0 Å². The maximum atomic E-state index is 11.1. The number of ether oxygens (including phenoxy) is 1. The second kappa shape index (κ2) is 7.60. The van der Waals surface area contributed by atoms with Crippen molar-refractivity contribution >= 4 is 29.3 Å². The number of nitro groups is 1. The van der Waals surface area contributed by atoms with E-state index in [0.29, 0.717) is 35.9 Å². The Hall–Kier alpha value is -2.60. The summed E-state index contributed by atoms with van der Waals surface area (Å²) in [5.41, 5.74) is 0.593. The van der Waals surface area contributed by atoms with Crippen molar-refractivity contribution in [2.24, 2.45) is 0 Å². The summed E-state index contributed by atoms with van der Waals surface area (Å²) in [5, 5.41) is 11.8. The summed E-state index contributed by atoms with van der Waals surface area (Å²) in [7, 11) is 1.73. The van der Waals surface area contributed by atoms with E-state index in [-0.39, 0.29) is 11.3 Å². The van der Waals surface area contributed by atoms with E-state index in [1.807, 2.05) is 0 Å². The first-order valence-electron chi connectivity index (χ1n) is 6.84. The Bertz CT molecular complexity index is 704. The second-order valence-corrected chi connectivity index (χ2v) is 5.28. The van der Waals surface area contributed by atoms with E-state index >= 15 is 0 Å². The van der Waals surface area contributed by atoms with E-state index in [0.717, 1.165) is 0 Å². The van der Waals surface area contributed by atoms with Crippen LogP contribution in [-0.4, -0.2) is 31.4 Å². The van der Waals surface area contributed by atoms with Gasteiger partial charge in [0, 0.05) is 23.7 Å². The van der Waals surface area contributed by atoms with Crippen LogP contribution in [-0.2, 0) is 0 Å². The van der Waals surface area contributed by atoms with Crippen molar-refractivity contribution in [3.05, 3.63) is 63.2 Å². The lowest BCUT2D eigenvalue weighted by molar-refractivity contribution is -0.384. The van der Waals surface area contributed by atoms with Crippen molar-refractivity contribution in [1.29, 1.82) is 0 Å². The van der Waals surface area contributed by atoms with Crippen LogP contribution in [0.15, 0.2) is 42.5 Å². The number of carbonyl (C=O) groups is 1. The molecule has 23 heavy (non-hydrogen) atoms. The van der Waals surface area contributed by atoms with Crippen molar-refractivity contribution in [2.45, 2.75) is 0 Å². The number of aldehydes is 1. The van der Waals surface area contributed by atoms with Gasteiger partial charge in [0.1, 0.15) is 24.3 Å². The topological polar surface area (TPSA) is 72.7 Å². The molecule has 0 bridgehead atoms. The Labute approximate surface area is 138 Å². The Balaban J connectivity index is 2.02. The molecule has 0 saturated carbocycles. The zero-order valence-electron chi connectivity index (χ0n) is 12.4. The number of nitro benzene ring substituents is 1. The van der Waals surface area contributed by atoms with E-state index in [1.54, 1.807) is 48.3 Å². The molecule has 120 valence electrons. The number of carbonyl (C=O) groups excluding carboxylic acids is 1. The zero-order valence-corrected chi connectivity index (χ0v) is 13.2. The SMILES string of the molecule is CN(CCOc1ccc(Cl)cc1)c1ccc(C=O)cc1[N+](=O)[O-]. The van der Waals surface area contributed by atoms with Crippen LogP contribution < -0.4 is 9.64 Å². The van der Waals surface area contributed by atoms with Gasteiger partial charge in [0.25, 0.3) is 5.69 Å². The average molecular weight is 335 g/mol. The number of benzene rings is 2. The quantitative estimate of drug-likeness (QED) is 0.439. The van der Waals surface area contributed by atoms with Crippen molar-refractivity contribution in [3.63, 3.8) is 0 Å². The molecule has 0 unspecified atom stereocenters. The molecule has 2 rings (SSSR count). The largest absolute Gasteiger partial charge is 0.492 e. The lowest BCUT2D eigenvalue weighted by Crippen LogP contribution is -2.24. The number of anilines is 1. The van der Waals surface area contributed by atoms with Crippen LogP contribution in [0.4, 0.5) is 11.4 Å². The molecule has 0 radical (unpaired) electrons. The number of likely N-dealkylation sites (N-methyl/N-ethyl adjacent to an activating group) is 1. The van der Waals surface area contributed by atoms with E-state index in [9.17, 15) is 14.9 Å². The van der Waals surface area contributed by atoms with Crippen LogP contribution in [0.25, 0.3) is 0 Å². The number of halogens is 1. The molecular weight excluding hydrogens is 320 g/mol. The molecule has 2 aromatic rings. The van der Waals surface area contributed by atoms with Crippen LogP contribution in [0.1, 0.15) is 10.4 Å². The van der Waals surface area contributed by atoms with Gasteiger partial charge in [-0.25, -0.2) is 0 Å². The fraction of sp³-hybridized carbons (Fsp3) is 0.188. The van der Waals surface area contributed by atoms with Gasteiger partial charge in [0.05, 0.1) is 11.5 Å². The Morgan fingerprint density at radius 1 is 1.26 bits per heavy atom. The maximum absolute atomic E-state index is 11.1. The number of hydrogen-bond donors (Lipinski definition) is 0. The highest BCUT2D eigenvalue weighted by molar-refractivity contribution is 6.30. The van der Waals surface area contributed by atoms with Gasteiger partial charge in [-0.3, -0.25) is 14.9 Å². The molecule has 0 spiro atoms. The van der Waals surface area contributed by atoms with Gasteiger partial charge < -0.3 is 9.64 Å². The molecular formula is C16H15ClN2O4. The molecule has 0 aliphatic rings. The smallest absolute Gasteiger partial charge is 0.293 e. The van der Waals surface area contributed by atoms with Gasteiger partial charge >= 0.3 is 0 Å². The van der Waals surface area contributed by atoms with Crippen molar-refractivity contribution in [3.8, 4) is 5.75 Å². The summed E-state index contributed by atoms with van der Waals surface area (Å²) in [4.78, 5) is 23.1. The highest BCUT2D eigenvalue weighted by Crippen LogP contribution is 2.28. The minimum atomic E-state index is -0.501. The maximum Gasteiger partial charge on any atom is 0.293 e. The predicted octanol–water partition coefficient (Wildman–Crippen LogP) is 3.58. The van der Waals surface area contributed by atoms with Crippen LogP contribution in [0.5, 0.6) is 5.75 Å². The minimum absolute atomic E-state index is 0.108. The van der Waals surface area contributed by atoms with Crippen molar-refractivity contribution < 1.29 is 14.5 Å². The fourth-order valence-electron chi connectivity index (χ4n) is 2.03. The van der Waals surface area contributed by atoms with Crippen molar-refractivity contribution in [2.75, 3.05) is 25.1 Å². The van der Waals surface area contributed by atoms with Crippen LogP contribution in [0.3, 0.4) is 0 Å². The fourth-order valence-corrected chi connectivity index (χ4v) is 2.16. The van der Waals surface area contributed by atoms with Crippen LogP contribution >= 0.6 is 11.6 Å². The van der Waals surface area contributed by atoms with Gasteiger partial charge in [0.2, 0.25) is 0 Å². The van der Waals surface area contributed by atoms with Gasteiger partial charge in [0.15, 0.2) is 0 Å². The average Bonchev–Trinajstić information content (AvgIpc) is 2.55. The zero-order chi connectivity index (χ0) is 16.8. The molecule has 0 aliphatic carbocycles. The molecule has 0 aromatic heterocycles. The summed E-state index contributed by atoms with van der Waals surface area (Å²) in [5.74, 6) is 0.675. The summed E-state index contributed by atoms with van der Waals surface area (Å²) in [6.45, 7) is 0.800. The molecule has 0 atom stereocenters. The third-order valence-electron chi connectivity index (χ3n) is 3.25. The first-order chi connectivity index (χ1) is 11.0. The predicted molar refractivity (Wildman–Crippen MR) is 88.7 cm³/mol. The van der Waals surface area contributed by atoms with Crippen LogP contribution in [0.2, 0.25) is 5.02 Å². The normalized spacial score (nSPS) is 10.2. The molecule has 2 aromatic carbocycles. The summed E-state index contributed by atoms with van der Waals surface area (Å²) >= 11 is 5.80. The van der Waals surface area contributed by atoms with E-state index in [1.165, 1.54) is 6.07 Å². The summed E-state index contributed by atoms with van der Waals surface area (Å²) in [6, 6.07) is 11.3. The Morgan fingerprint density at radius 2 is 1.96 bits per heavy atom. The Morgan fingerprint density at radius 3 is 2.57 bits per heavy atom. The lowest BCUT2D eigenvalue weighted by atomic mass is 10.2. The molecule has 0 N–H and O–H groups in total. The molecule has 0 heterocycles. The number of hydrogen-bond acceptors (Lipinski definition) is 5. The summed E-state index contributed by atoms with van der Waals surface area (Å²) < 4.78 is 5.57. The first-order valence-corrected chi connectivity index (χ1v) is 7.22. The molecule has 0 amide bonds. The van der Waals surface area contributed by atoms with E-state index < -0.39 is 4.92 Å². The minimum Gasteiger partial charge on any atom is -0.492 e. The molecule has 0 fully saturated rings. The number of nitrogens with zero attached hydrogens (tertiary/aromatic N) is 2. The molecule has 0 aliphatic heterocycles. The number of rotatable bonds is 7. The first kappa shape index (κ1) is 16.8. The standard InChI is InChI=1S/C16H15ClN2O4/c1-18(8-9-23-14-5-3-13(17)4-6-14)15-7-2-12(11-20)10-16(15)19(21)22/h2-7,10-11H,8-9H2,1H3. The highest BCUT2D eigenvalue weighted by Gasteiger charge is 2.17. The Kier molecular flexibility index (Phi) is 5.54. The van der Waals surface area contributed by atoms with Gasteiger partial charge in [-0.2, -0.15) is 0 Å². The van der Waals surface area contributed by atoms with E-state index in [4.69, 9.17) is 16.3 Å². The van der Waals surface area contributed by atoms with Gasteiger partial charge in [-0.1, -0.05) is 11.6 Å². The second-order valence-electron chi connectivity index (χ2n) is 4.85. The lowest BCUT2D eigenvalue weighted by Gasteiger charge is -2.19. The van der Waals surface area contributed by atoms with Crippen molar-refractivity contribution in [1.82, 2.24) is 0 Å². The molecule has 6 nitrogen and oxygen atoms in total. The van der Waals surface area contributed by atoms with Crippen LogP contribution in [0, 0.1) is 10.1 Å². The monoisotopic (exact) mass is 334 g/mol. The highest BCUT2D eigenvalue weighted by atomic mass is 35.5. The third kappa shape index (κ3) is 4.43. The molecule has 7 heteroatoms.